The molecule has 0 saturated heterocycles. The second-order valence-electron chi connectivity index (χ2n) is 6.96. The zero-order chi connectivity index (χ0) is 20.1. The van der Waals surface area contributed by atoms with E-state index in [1.54, 1.807) is 13.0 Å². The molecule has 1 saturated carbocycles. The highest BCUT2D eigenvalue weighted by Gasteiger charge is 2.26. The van der Waals surface area contributed by atoms with Gasteiger partial charge in [-0.3, -0.25) is 5.10 Å². The van der Waals surface area contributed by atoms with Crippen molar-refractivity contribution in [1.82, 2.24) is 25.1 Å². The number of aryl methyl sites for hydroxylation is 1. The Morgan fingerprint density at radius 2 is 1.93 bits per heavy atom. The number of aromatic amines is 2. The summed E-state index contributed by atoms with van der Waals surface area (Å²) in [6.45, 7) is 1.67. The van der Waals surface area contributed by atoms with E-state index in [1.165, 1.54) is 6.07 Å². The summed E-state index contributed by atoms with van der Waals surface area (Å²) >= 11 is 0. The average Bonchev–Trinajstić information content (AvgIpc) is 3.31. The number of benzene rings is 1. The maximum absolute atomic E-state index is 14.8. The minimum atomic E-state index is -0.950. The van der Waals surface area contributed by atoms with Gasteiger partial charge in [0.15, 0.2) is 29.0 Å². The molecule has 3 aromatic heterocycles. The van der Waals surface area contributed by atoms with Crippen LogP contribution < -0.4 is 10.1 Å². The number of halogens is 3. The Bertz CT molecular complexity index is 1230. The summed E-state index contributed by atoms with van der Waals surface area (Å²) in [6.07, 6.45) is 3.24. The molecule has 0 bridgehead atoms. The van der Waals surface area contributed by atoms with Crippen molar-refractivity contribution < 1.29 is 17.9 Å². The lowest BCUT2D eigenvalue weighted by Crippen LogP contribution is -2.02. The van der Waals surface area contributed by atoms with Crippen LogP contribution in [0.5, 0.6) is 11.6 Å². The van der Waals surface area contributed by atoms with Crippen LogP contribution in [0.3, 0.4) is 0 Å². The highest BCUT2D eigenvalue weighted by Crippen LogP contribution is 2.40. The molecule has 1 aliphatic carbocycles. The molecule has 0 radical (unpaired) electrons. The van der Waals surface area contributed by atoms with Gasteiger partial charge in [0.05, 0.1) is 5.52 Å². The molecule has 1 aliphatic rings. The van der Waals surface area contributed by atoms with Crippen LogP contribution in [-0.2, 0) is 0 Å². The van der Waals surface area contributed by atoms with Crippen LogP contribution in [0, 0.1) is 24.4 Å². The molecule has 10 heteroatoms. The highest BCUT2D eigenvalue weighted by atomic mass is 19.1. The minimum absolute atomic E-state index is 0.00874. The van der Waals surface area contributed by atoms with Crippen LogP contribution in [0.4, 0.5) is 24.8 Å². The van der Waals surface area contributed by atoms with Gasteiger partial charge in [-0.25, -0.2) is 13.8 Å². The number of hydrogen-bond donors (Lipinski definition) is 3. The van der Waals surface area contributed by atoms with Gasteiger partial charge in [0.1, 0.15) is 6.33 Å². The van der Waals surface area contributed by atoms with Gasteiger partial charge in [-0.2, -0.15) is 14.5 Å². The third kappa shape index (κ3) is 3.16. The van der Waals surface area contributed by atoms with Gasteiger partial charge in [0.2, 0.25) is 5.82 Å². The van der Waals surface area contributed by atoms with E-state index >= 15 is 0 Å². The van der Waals surface area contributed by atoms with E-state index < -0.39 is 29.1 Å². The molecule has 1 aromatic carbocycles. The minimum Gasteiger partial charge on any atom is -0.433 e. The number of ether oxygens (including phenoxy) is 1. The third-order valence-corrected chi connectivity index (χ3v) is 4.73. The zero-order valence-corrected chi connectivity index (χ0v) is 15.2. The summed E-state index contributed by atoms with van der Waals surface area (Å²) in [5, 5.41) is 9.71. The fourth-order valence-corrected chi connectivity index (χ4v) is 3.15. The normalized spacial score (nSPS) is 13.8. The molecule has 3 N–H and O–H groups in total. The van der Waals surface area contributed by atoms with Crippen molar-refractivity contribution in [3.63, 3.8) is 0 Å². The SMILES string of the molecule is Cc1cc2c(F)c(Oc3ncnc(Nc4cc(C5CC5)[nH]n4)c3F)cc(F)c2[nH]1. The summed E-state index contributed by atoms with van der Waals surface area (Å²) in [5.74, 6) is -2.86. The molecule has 7 nitrogen and oxygen atoms in total. The molecule has 29 heavy (non-hydrogen) atoms. The highest BCUT2D eigenvalue weighted by molar-refractivity contribution is 5.83. The van der Waals surface area contributed by atoms with Crippen molar-refractivity contribution in [3.8, 4) is 11.6 Å². The molecule has 0 aliphatic heterocycles. The number of nitrogens with one attached hydrogen (secondary N) is 3. The summed E-state index contributed by atoms with van der Waals surface area (Å²) in [7, 11) is 0. The monoisotopic (exact) mass is 400 g/mol. The lowest BCUT2D eigenvalue weighted by Gasteiger charge is -2.10. The maximum Gasteiger partial charge on any atom is 0.261 e. The second-order valence-corrected chi connectivity index (χ2v) is 6.96. The Morgan fingerprint density at radius 1 is 1.10 bits per heavy atom. The number of fused-ring (bicyclic) bond motifs is 1. The van der Waals surface area contributed by atoms with Gasteiger partial charge < -0.3 is 15.0 Å². The van der Waals surface area contributed by atoms with Crippen molar-refractivity contribution in [2.75, 3.05) is 5.32 Å². The van der Waals surface area contributed by atoms with Crippen molar-refractivity contribution in [2.24, 2.45) is 0 Å². The Labute approximate surface area is 162 Å². The Morgan fingerprint density at radius 3 is 2.72 bits per heavy atom. The molecule has 0 atom stereocenters. The molecule has 0 spiro atoms. The van der Waals surface area contributed by atoms with Crippen LogP contribution in [-0.4, -0.2) is 25.1 Å². The van der Waals surface area contributed by atoms with E-state index in [2.05, 4.69) is 30.5 Å². The maximum atomic E-state index is 14.8. The average molecular weight is 400 g/mol. The number of rotatable bonds is 5. The summed E-state index contributed by atoms with van der Waals surface area (Å²) < 4.78 is 49.0. The molecule has 1 fully saturated rings. The third-order valence-electron chi connectivity index (χ3n) is 4.73. The van der Waals surface area contributed by atoms with Gasteiger partial charge >= 0.3 is 0 Å². The van der Waals surface area contributed by atoms with Crippen molar-refractivity contribution in [2.45, 2.75) is 25.7 Å². The molecular weight excluding hydrogens is 385 g/mol. The topological polar surface area (TPSA) is 91.5 Å². The molecule has 5 rings (SSSR count). The largest absolute Gasteiger partial charge is 0.433 e. The van der Waals surface area contributed by atoms with E-state index in [-0.39, 0.29) is 16.7 Å². The van der Waals surface area contributed by atoms with Crippen LogP contribution in [0.2, 0.25) is 0 Å². The molecule has 148 valence electrons. The van der Waals surface area contributed by atoms with Gasteiger partial charge in [0, 0.05) is 34.8 Å². The summed E-state index contributed by atoms with van der Waals surface area (Å²) in [5.41, 5.74) is 1.56. The van der Waals surface area contributed by atoms with Crippen LogP contribution in [0.1, 0.15) is 30.1 Å². The van der Waals surface area contributed by atoms with E-state index in [1.807, 2.05) is 0 Å². The Kier molecular flexibility index (Phi) is 3.93. The molecule has 0 amide bonds. The molecular formula is C19H15F3N6O. The standard InChI is InChI=1S/C19H15F3N6O/c1-8-4-10-15(21)13(5-11(20)17(10)25-8)29-19-16(22)18(23-7-24-19)26-14-6-12(27-28-14)9-2-3-9/h4-7,9,25H,2-3H2,1H3,(H2,23,24,26,27,28). The van der Waals surface area contributed by atoms with Gasteiger partial charge in [-0.05, 0) is 25.8 Å². The first-order chi connectivity index (χ1) is 14.0. The van der Waals surface area contributed by atoms with E-state index in [4.69, 9.17) is 4.74 Å². The molecule has 4 aromatic rings. The fourth-order valence-electron chi connectivity index (χ4n) is 3.15. The zero-order valence-electron chi connectivity index (χ0n) is 15.2. The van der Waals surface area contributed by atoms with E-state index in [9.17, 15) is 13.2 Å². The Hall–Kier alpha value is -3.56. The first-order valence-corrected chi connectivity index (χ1v) is 8.97. The number of H-pyrrole nitrogens is 2. The Balaban J connectivity index is 1.45. The lowest BCUT2D eigenvalue weighted by atomic mass is 10.2. The van der Waals surface area contributed by atoms with Gasteiger partial charge in [0.25, 0.3) is 5.88 Å². The van der Waals surface area contributed by atoms with E-state index in [0.717, 1.165) is 30.9 Å². The summed E-state index contributed by atoms with van der Waals surface area (Å²) in [4.78, 5) is 10.3. The first-order valence-electron chi connectivity index (χ1n) is 8.97. The van der Waals surface area contributed by atoms with Gasteiger partial charge in [-0.15, -0.1) is 0 Å². The van der Waals surface area contributed by atoms with E-state index in [0.29, 0.717) is 17.4 Å². The van der Waals surface area contributed by atoms with Crippen LogP contribution >= 0.6 is 0 Å². The number of hydrogen-bond acceptors (Lipinski definition) is 5. The quantitative estimate of drug-likeness (QED) is 0.447. The van der Waals surface area contributed by atoms with Crippen molar-refractivity contribution in [1.29, 1.82) is 0 Å². The number of aromatic nitrogens is 5. The predicted octanol–water partition coefficient (Wildman–Crippen LogP) is 4.82. The molecule has 3 heterocycles. The van der Waals surface area contributed by atoms with Crippen LogP contribution in [0.25, 0.3) is 10.9 Å². The first kappa shape index (κ1) is 17.5. The second kappa shape index (κ2) is 6.50. The van der Waals surface area contributed by atoms with Crippen molar-refractivity contribution in [3.05, 3.63) is 53.4 Å². The number of anilines is 2. The predicted molar refractivity (Wildman–Crippen MR) is 98.9 cm³/mol. The fraction of sp³-hybridized carbons (Fsp3) is 0.211. The smallest absolute Gasteiger partial charge is 0.261 e. The van der Waals surface area contributed by atoms with Crippen molar-refractivity contribution >= 4 is 22.5 Å². The number of nitrogens with zero attached hydrogens (tertiary/aromatic N) is 3. The molecule has 0 unspecified atom stereocenters. The van der Waals surface area contributed by atoms with Gasteiger partial charge in [-0.1, -0.05) is 0 Å². The summed E-state index contributed by atoms with van der Waals surface area (Å²) in [6, 6.07) is 4.06. The van der Waals surface area contributed by atoms with Crippen LogP contribution in [0.15, 0.2) is 24.5 Å². The lowest BCUT2D eigenvalue weighted by molar-refractivity contribution is 0.397.